The SMILES string of the molecule is CCCNC(=O)[C@H](Cc1ccccc1)N(Cc1ccccc1)C(=O)CSCc1ccc(Cl)cc1. The Morgan fingerprint density at radius 2 is 1.50 bits per heavy atom. The van der Waals surface area contributed by atoms with Gasteiger partial charge in [-0.25, -0.2) is 0 Å². The Balaban J connectivity index is 1.79. The van der Waals surface area contributed by atoms with E-state index >= 15 is 0 Å². The van der Waals surface area contributed by atoms with Gasteiger partial charge in [0.2, 0.25) is 11.8 Å². The average molecular weight is 495 g/mol. The average Bonchev–Trinajstić information content (AvgIpc) is 2.87. The summed E-state index contributed by atoms with van der Waals surface area (Å²) in [6, 6.07) is 26.8. The Bertz CT molecular complexity index is 1030. The summed E-state index contributed by atoms with van der Waals surface area (Å²) >= 11 is 7.52. The zero-order chi connectivity index (χ0) is 24.2. The summed E-state index contributed by atoms with van der Waals surface area (Å²) in [6.07, 6.45) is 1.31. The predicted molar refractivity (Wildman–Crippen MR) is 142 cm³/mol. The second-order valence-corrected chi connectivity index (χ2v) is 9.55. The van der Waals surface area contributed by atoms with Gasteiger partial charge in [-0.05, 0) is 35.2 Å². The maximum Gasteiger partial charge on any atom is 0.243 e. The number of hydrogen-bond donors (Lipinski definition) is 1. The van der Waals surface area contributed by atoms with Crippen molar-refractivity contribution >= 4 is 35.2 Å². The molecule has 0 bridgehead atoms. The first-order chi connectivity index (χ1) is 16.6. The maximum absolute atomic E-state index is 13.5. The van der Waals surface area contributed by atoms with Gasteiger partial charge in [-0.1, -0.05) is 91.3 Å². The second-order valence-electron chi connectivity index (χ2n) is 8.12. The zero-order valence-corrected chi connectivity index (χ0v) is 21.0. The number of amides is 2. The summed E-state index contributed by atoms with van der Waals surface area (Å²) in [4.78, 5) is 28.5. The van der Waals surface area contributed by atoms with Crippen molar-refractivity contribution in [1.82, 2.24) is 10.2 Å². The molecule has 4 nitrogen and oxygen atoms in total. The molecule has 0 saturated heterocycles. The van der Waals surface area contributed by atoms with Gasteiger partial charge in [-0.2, -0.15) is 0 Å². The first-order valence-electron chi connectivity index (χ1n) is 11.5. The number of carbonyl (C=O) groups excluding carboxylic acids is 2. The van der Waals surface area contributed by atoms with Gasteiger partial charge in [-0.15, -0.1) is 11.8 Å². The minimum atomic E-state index is -0.585. The monoisotopic (exact) mass is 494 g/mol. The standard InChI is InChI=1S/C28H31ClN2O2S/c1-2-17-30-28(33)26(18-22-9-5-3-6-10-22)31(19-23-11-7-4-8-12-23)27(32)21-34-20-24-13-15-25(29)16-14-24/h3-16,26H,2,17-21H2,1H3,(H,30,33)/t26-/m0/s1. The molecule has 0 aliphatic rings. The number of nitrogens with zero attached hydrogens (tertiary/aromatic N) is 1. The normalized spacial score (nSPS) is 11.6. The molecule has 0 heterocycles. The Morgan fingerprint density at radius 1 is 0.882 bits per heavy atom. The molecule has 6 heteroatoms. The molecule has 0 radical (unpaired) electrons. The quantitative estimate of drug-likeness (QED) is 0.349. The van der Waals surface area contributed by atoms with Gasteiger partial charge in [0, 0.05) is 30.3 Å². The van der Waals surface area contributed by atoms with E-state index in [1.165, 1.54) is 0 Å². The van der Waals surface area contributed by atoms with Crippen molar-refractivity contribution in [2.24, 2.45) is 0 Å². The van der Waals surface area contributed by atoms with Crippen molar-refractivity contribution in [1.29, 1.82) is 0 Å². The molecule has 178 valence electrons. The van der Waals surface area contributed by atoms with E-state index in [1.54, 1.807) is 16.7 Å². The summed E-state index contributed by atoms with van der Waals surface area (Å²) in [7, 11) is 0. The van der Waals surface area contributed by atoms with E-state index in [-0.39, 0.29) is 11.8 Å². The van der Waals surface area contributed by atoms with Crippen molar-refractivity contribution in [3.8, 4) is 0 Å². The number of halogens is 1. The van der Waals surface area contributed by atoms with Gasteiger partial charge < -0.3 is 10.2 Å². The lowest BCUT2D eigenvalue weighted by atomic mass is 10.0. The molecule has 3 aromatic rings. The molecule has 0 aromatic heterocycles. The first kappa shape index (κ1) is 25.9. The van der Waals surface area contributed by atoms with Gasteiger partial charge in [-0.3, -0.25) is 9.59 Å². The molecule has 0 aliphatic carbocycles. The second kappa shape index (κ2) is 13.8. The third-order valence-corrected chi connectivity index (χ3v) is 6.66. The van der Waals surface area contributed by atoms with Crippen LogP contribution in [0.4, 0.5) is 0 Å². The molecule has 0 fully saturated rings. The van der Waals surface area contributed by atoms with Gasteiger partial charge >= 0.3 is 0 Å². The summed E-state index contributed by atoms with van der Waals surface area (Å²) in [5, 5.41) is 3.70. The highest BCUT2D eigenvalue weighted by molar-refractivity contribution is 7.99. The van der Waals surface area contributed by atoms with Crippen LogP contribution in [0.5, 0.6) is 0 Å². The third kappa shape index (κ3) is 8.23. The zero-order valence-electron chi connectivity index (χ0n) is 19.5. The molecule has 0 aliphatic heterocycles. The van der Waals surface area contributed by atoms with Crippen molar-refractivity contribution in [3.63, 3.8) is 0 Å². The fourth-order valence-electron chi connectivity index (χ4n) is 3.62. The number of carbonyl (C=O) groups is 2. The Hall–Kier alpha value is -2.76. The van der Waals surface area contributed by atoms with Crippen LogP contribution < -0.4 is 5.32 Å². The first-order valence-corrected chi connectivity index (χ1v) is 13.1. The van der Waals surface area contributed by atoms with Crippen LogP contribution in [0.1, 0.15) is 30.0 Å². The molecule has 1 N–H and O–H groups in total. The predicted octanol–water partition coefficient (Wildman–Crippen LogP) is 5.74. The van der Waals surface area contributed by atoms with Crippen LogP contribution in [0, 0.1) is 0 Å². The number of nitrogens with one attached hydrogen (secondary N) is 1. The lowest BCUT2D eigenvalue weighted by Crippen LogP contribution is -2.51. The van der Waals surface area contributed by atoms with Gasteiger partial charge in [0.25, 0.3) is 0 Å². The van der Waals surface area contributed by atoms with E-state index in [2.05, 4.69) is 5.32 Å². The molecule has 2 amide bonds. The van der Waals surface area contributed by atoms with Crippen LogP contribution in [-0.2, 0) is 28.3 Å². The molecular weight excluding hydrogens is 464 g/mol. The van der Waals surface area contributed by atoms with Crippen molar-refractivity contribution in [2.45, 2.75) is 38.1 Å². The Labute approximate surface area is 211 Å². The van der Waals surface area contributed by atoms with E-state index in [0.717, 1.165) is 23.1 Å². The summed E-state index contributed by atoms with van der Waals surface area (Å²) < 4.78 is 0. The fourth-order valence-corrected chi connectivity index (χ4v) is 4.62. The topological polar surface area (TPSA) is 49.4 Å². The largest absolute Gasteiger partial charge is 0.354 e. The Kier molecular flexibility index (Phi) is 10.5. The van der Waals surface area contributed by atoms with E-state index < -0.39 is 6.04 Å². The fraction of sp³-hybridized carbons (Fsp3) is 0.286. The Morgan fingerprint density at radius 3 is 2.12 bits per heavy atom. The molecule has 0 unspecified atom stereocenters. The van der Waals surface area contributed by atoms with Crippen LogP contribution in [0.25, 0.3) is 0 Å². The van der Waals surface area contributed by atoms with E-state index in [9.17, 15) is 9.59 Å². The van der Waals surface area contributed by atoms with Crippen LogP contribution in [0.3, 0.4) is 0 Å². The molecule has 0 saturated carbocycles. The lowest BCUT2D eigenvalue weighted by molar-refractivity contribution is -0.139. The molecular formula is C28H31ClN2O2S. The van der Waals surface area contributed by atoms with E-state index in [0.29, 0.717) is 36.0 Å². The summed E-state index contributed by atoms with van der Waals surface area (Å²) in [5.41, 5.74) is 3.14. The van der Waals surface area contributed by atoms with E-state index in [1.807, 2.05) is 91.9 Å². The highest BCUT2D eigenvalue weighted by atomic mass is 35.5. The van der Waals surface area contributed by atoms with Crippen LogP contribution in [-0.4, -0.2) is 35.1 Å². The highest BCUT2D eigenvalue weighted by Crippen LogP contribution is 2.19. The minimum absolute atomic E-state index is 0.0459. The van der Waals surface area contributed by atoms with Crippen molar-refractivity contribution < 1.29 is 9.59 Å². The van der Waals surface area contributed by atoms with Crippen molar-refractivity contribution in [3.05, 3.63) is 107 Å². The number of hydrogen-bond acceptors (Lipinski definition) is 3. The molecule has 1 atom stereocenters. The highest BCUT2D eigenvalue weighted by Gasteiger charge is 2.30. The van der Waals surface area contributed by atoms with E-state index in [4.69, 9.17) is 11.6 Å². The smallest absolute Gasteiger partial charge is 0.243 e. The lowest BCUT2D eigenvalue weighted by Gasteiger charge is -2.31. The molecule has 34 heavy (non-hydrogen) atoms. The summed E-state index contributed by atoms with van der Waals surface area (Å²) in [5.74, 6) is 0.836. The van der Waals surface area contributed by atoms with Crippen molar-refractivity contribution in [2.75, 3.05) is 12.3 Å². The van der Waals surface area contributed by atoms with Gasteiger partial charge in [0.1, 0.15) is 6.04 Å². The number of benzene rings is 3. The number of rotatable bonds is 12. The number of thioether (sulfide) groups is 1. The van der Waals surface area contributed by atoms with Crippen LogP contribution in [0.15, 0.2) is 84.9 Å². The van der Waals surface area contributed by atoms with Crippen LogP contribution >= 0.6 is 23.4 Å². The maximum atomic E-state index is 13.5. The molecule has 0 spiro atoms. The minimum Gasteiger partial charge on any atom is -0.354 e. The van der Waals surface area contributed by atoms with Crippen LogP contribution in [0.2, 0.25) is 5.02 Å². The summed E-state index contributed by atoms with van der Waals surface area (Å²) in [6.45, 7) is 2.99. The molecule has 3 aromatic carbocycles. The molecule has 3 rings (SSSR count). The third-order valence-electron chi connectivity index (χ3n) is 5.42. The van der Waals surface area contributed by atoms with Gasteiger partial charge in [0.15, 0.2) is 0 Å². The van der Waals surface area contributed by atoms with Gasteiger partial charge in [0.05, 0.1) is 5.75 Å².